The normalized spacial score (nSPS) is 13.0. The molecule has 62 heavy (non-hydrogen) atoms. The second-order valence-electron chi connectivity index (χ2n) is 17.8. The number of aromatic nitrogens is 1. The Morgan fingerprint density at radius 3 is 1.16 bits per heavy atom. The Labute approximate surface area is 397 Å². The number of hydrogen-bond acceptors (Lipinski definition) is 7. The fraction of sp³-hybridized carbons (Fsp3) is 0.792. The molecule has 0 aromatic carbocycles. The molecular weight excluding hydrogens is 887 g/mol. The summed E-state index contributed by atoms with van der Waals surface area (Å²) in [5.74, 6) is -1.46. The van der Waals surface area contributed by atoms with Gasteiger partial charge in [-0.1, -0.05) is 181 Å². The van der Waals surface area contributed by atoms with E-state index in [-0.39, 0.29) is 37.2 Å². The first-order chi connectivity index (χ1) is 29.9. The van der Waals surface area contributed by atoms with Crippen LogP contribution in [0.5, 0.6) is 0 Å². The van der Waals surface area contributed by atoms with Crippen LogP contribution < -0.4 is 33.9 Å². The second kappa shape index (κ2) is 40.5. The van der Waals surface area contributed by atoms with Gasteiger partial charge < -0.3 is 48.2 Å². The average Bonchev–Trinajstić information content (AvgIpc) is 3.24. The third-order valence-electron chi connectivity index (χ3n) is 12.1. The van der Waals surface area contributed by atoms with Gasteiger partial charge in [0, 0.05) is 62.3 Å². The van der Waals surface area contributed by atoms with E-state index in [0.29, 0.717) is 48.6 Å². The highest BCUT2D eigenvalue weighted by Crippen LogP contribution is 2.39. The van der Waals surface area contributed by atoms with Gasteiger partial charge in [-0.25, -0.2) is 14.2 Å². The van der Waals surface area contributed by atoms with Crippen molar-refractivity contribution in [2.24, 2.45) is 7.05 Å². The highest BCUT2D eigenvalue weighted by molar-refractivity contribution is 5.99. The third-order valence-corrected chi connectivity index (χ3v) is 12.1. The van der Waals surface area contributed by atoms with E-state index >= 15 is 0 Å². The molecule has 0 aliphatic carbocycles. The third kappa shape index (κ3) is 28.0. The van der Waals surface area contributed by atoms with Crippen molar-refractivity contribution in [3.63, 3.8) is 0 Å². The summed E-state index contributed by atoms with van der Waals surface area (Å²) in [6, 6.07) is 3.88. The zero-order valence-electron chi connectivity index (χ0n) is 40.6. The molecule has 1 aliphatic rings. The SMILES string of the molecule is CCCCCCCCCCCCCCCCOCCCOC(=O)C1=C(C)NC(C)=C(C(=O)OCCCOCCCCCCCCCCCCCCCC)C1c1ccc[n+](C)c1.[I-]. The van der Waals surface area contributed by atoms with Crippen molar-refractivity contribution in [3.8, 4) is 0 Å². The van der Waals surface area contributed by atoms with Crippen LogP contribution in [0.4, 0.5) is 0 Å². The minimum absolute atomic E-state index is 0. The van der Waals surface area contributed by atoms with Gasteiger partial charge in [0.15, 0.2) is 12.4 Å². The van der Waals surface area contributed by atoms with E-state index < -0.39 is 17.9 Å². The minimum atomic E-state index is -0.609. The first kappa shape index (κ1) is 58.0. The van der Waals surface area contributed by atoms with Crippen LogP contribution in [0.15, 0.2) is 47.1 Å². The van der Waals surface area contributed by atoms with Crippen molar-refractivity contribution >= 4 is 11.9 Å². The van der Waals surface area contributed by atoms with Gasteiger partial charge in [-0.15, -0.1) is 0 Å². The summed E-state index contributed by atoms with van der Waals surface area (Å²) in [5, 5.41) is 3.28. The maximum Gasteiger partial charge on any atom is 0.336 e. The molecule has 2 rings (SSSR count). The average molecular weight is 981 g/mol. The predicted octanol–water partition coefficient (Wildman–Crippen LogP) is 10.6. The van der Waals surface area contributed by atoms with E-state index in [1.165, 1.54) is 167 Å². The number of ether oxygens (including phenoxy) is 4. The lowest BCUT2D eigenvalue weighted by Gasteiger charge is -2.30. The van der Waals surface area contributed by atoms with Crippen molar-refractivity contribution in [2.75, 3.05) is 39.6 Å². The van der Waals surface area contributed by atoms with Crippen LogP contribution in [-0.4, -0.2) is 51.6 Å². The molecule has 8 nitrogen and oxygen atoms in total. The molecule has 1 aromatic rings. The van der Waals surface area contributed by atoms with Gasteiger partial charge in [-0.2, -0.15) is 0 Å². The lowest BCUT2D eigenvalue weighted by atomic mass is 9.81. The Kier molecular flexibility index (Phi) is 37.9. The van der Waals surface area contributed by atoms with E-state index in [9.17, 15) is 9.59 Å². The van der Waals surface area contributed by atoms with Crippen LogP contribution in [0, 0.1) is 0 Å². The zero-order chi connectivity index (χ0) is 44.0. The predicted molar refractivity (Wildman–Crippen MR) is 252 cm³/mol. The van der Waals surface area contributed by atoms with Gasteiger partial charge >= 0.3 is 11.9 Å². The summed E-state index contributed by atoms with van der Waals surface area (Å²) in [6.45, 7) is 11.4. The van der Waals surface area contributed by atoms with Crippen molar-refractivity contribution < 1.29 is 57.1 Å². The van der Waals surface area contributed by atoms with Gasteiger partial charge in [0.05, 0.1) is 30.3 Å². The van der Waals surface area contributed by atoms with Crippen molar-refractivity contribution in [2.45, 2.75) is 226 Å². The van der Waals surface area contributed by atoms with E-state index in [1.807, 2.05) is 50.0 Å². The van der Waals surface area contributed by atoms with Gasteiger partial charge in [-0.05, 0) is 32.8 Å². The number of allylic oxidation sites excluding steroid dienone is 2. The standard InChI is InChI=1S/C53H92N2O6.HI/c1-6-8-10-12-14-16-18-20-22-24-26-28-30-32-39-58-41-35-43-60-52(56)49-46(3)54-47(4)50(51(49)48-37-34-38-55(5)45-48)53(57)61-44-36-42-59-40-33-31-29-27-25-23-21-19-17-15-13-11-9-7-2;/h34,37-38,45,51H,6-33,35-36,39-44H2,1-5H3;1H. The van der Waals surface area contributed by atoms with Gasteiger partial charge in [0.25, 0.3) is 0 Å². The maximum absolute atomic E-state index is 13.7. The van der Waals surface area contributed by atoms with Crippen LogP contribution in [0.1, 0.15) is 232 Å². The monoisotopic (exact) mass is 981 g/mol. The van der Waals surface area contributed by atoms with Crippen molar-refractivity contribution in [1.29, 1.82) is 0 Å². The maximum atomic E-state index is 13.7. The summed E-state index contributed by atoms with van der Waals surface area (Å²) >= 11 is 0. The molecule has 0 saturated heterocycles. The number of unbranched alkanes of at least 4 members (excludes halogenated alkanes) is 26. The van der Waals surface area contributed by atoms with Crippen molar-refractivity contribution in [1.82, 2.24) is 5.32 Å². The van der Waals surface area contributed by atoms with E-state index in [4.69, 9.17) is 18.9 Å². The molecule has 0 radical (unpaired) electrons. The van der Waals surface area contributed by atoms with Crippen molar-refractivity contribution in [3.05, 3.63) is 52.6 Å². The molecule has 0 saturated carbocycles. The van der Waals surface area contributed by atoms with Gasteiger partial charge in [0.2, 0.25) is 0 Å². The Bertz CT molecular complexity index is 1260. The molecule has 1 aliphatic heterocycles. The first-order valence-corrected chi connectivity index (χ1v) is 25.5. The van der Waals surface area contributed by atoms with E-state index in [2.05, 4.69) is 19.2 Å². The molecule has 0 unspecified atom stereocenters. The number of rotatable bonds is 41. The summed E-state index contributed by atoms with van der Waals surface area (Å²) < 4.78 is 25.3. The number of halogens is 1. The number of pyridine rings is 1. The quantitative estimate of drug-likeness (QED) is 0.0303. The molecule has 1 N–H and O–H groups in total. The largest absolute Gasteiger partial charge is 1.00 e. The number of aryl methyl sites for hydroxylation is 1. The van der Waals surface area contributed by atoms with Crippen LogP contribution in [-0.2, 0) is 35.6 Å². The Hall–Kier alpha value is -1.98. The highest BCUT2D eigenvalue weighted by atomic mass is 127. The summed E-state index contributed by atoms with van der Waals surface area (Å²) in [7, 11) is 1.94. The zero-order valence-corrected chi connectivity index (χ0v) is 42.8. The van der Waals surface area contributed by atoms with Crippen LogP contribution in [0.3, 0.4) is 0 Å². The molecule has 9 heteroatoms. The number of dihydropyridines is 1. The fourth-order valence-electron chi connectivity index (χ4n) is 8.46. The molecule has 0 spiro atoms. The summed E-state index contributed by atoms with van der Waals surface area (Å²) in [4.78, 5) is 27.4. The molecule has 0 bridgehead atoms. The lowest BCUT2D eigenvalue weighted by molar-refractivity contribution is -0.671. The number of carbonyl (C=O) groups excluding carboxylic acids is 2. The number of esters is 2. The smallest absolute Gasteiger partial charge is 0.336 e. The lowest BCUT2D eigenvalue weighted by Crippen LogP contribution is -3.00. The molecule has 2 heterocycles. The van der Waals surface area contributed by atoms with Gasteiger partial charge in [0.1, 0.15) is 7.05 Å². The molecule has 1 aromatic heterocycles. The highest BCUT2D eigenvalue weighted by Gasteiger charge is 2.39. The van der Waals surface area contributed by atoms with E-state index in [1.54, 1.807) is 0 Å². The Morgan fingerprint density at radius 1 is 0.500 bits per heavy atom. The van der Waals surface area contributed by atoms with Crippen LogP contribution >= 0.6 is 0 Å². The summed E-state index contributed by atoms with van der Waals surface area (Å²) in [6.07, 6.45) is 42.7. The first-order valence-electron chi connectivity index (χ1n) is 25.5. The number of hydrogen-bond donors (Lipinski definition) is 1. The summed E-state index contributed by atoms with van der Waals surface area (Å²) in [5.41, 5.74) is 3.06. The molecule has 0 atom stereocenters. The van der Waals surface area contributed by atoms with E-state index in [0.717, 1.165) is 31.6 Å². The molecular formula is C53H93IN2O6. The second-order valence-corrected chi connectivity index (χ2v) is 17.8. The van der Waals surface area contributed by atoms with Crippen LogP contribution in [0.2, 0.25) is 0 Å². The molecule has 0 amide bonds. The fourth-order valence-corrected chi connectivity index (χ4v) is 8.46. The minimum Gasteiger partial charge on any atom is -1.00 e. The number of carbonyl (C=O) groups is 2. The number of nitrogens with one attached hydrogen (secondary N) is 1. The van der Waals surface area contributed by atoms with Crippen LogP contribution in [0.25, 0.3) is 0 Å². The topological polar surface area (TPSA) is 87.0 Å². The number of nitrogens with zero attached hydrogens (tertiary/aromatic N) is 1. The van der Waals surface area contributed by atoms with Gasteiger partial charge in [-0.3, -0.25) is 0 Å². The molecule has 0 fully saturated rings. The Balaban J connectivity index is 0.0000192. The Morgan fingerprint density at radius 2 is 0.823 bits per heavy atom. The molecule has 358 valence electrons.